The maximum Gasteiger partial charge on any atom is 0.497 e. The van der Waals surface area contributed by atoms with Crippen LogP contribution in [0.4, 0.5) is 0 Å². The standard InChI is InChI=1S/C23H23BN4O2/c1-22(2)23(3,4)30-24(29-22)17-8-7-9-18-20(17)27-21(16-11-14-25-15-12-16)28(18)19-10-5-6-13-26-19/h5-15H,1-4H3. The SMILES string of the molecule is CC1(C)OB(c2cccc3c2nc(-c2ccncc2)n3-c2ccccn2)OC1(C)C. The van der Waals surface area contributed by atoms with Crippen molar-refractivity contribution < 1.29 is 9.31 Å². The quantitative estimate of drug-likeness (QED) is 0.492. The molecule has 0 aliphatic carbocycles. The molecule has 0 bridgehead atoms. The highest BCUT2D eigenvalue weighted by atomic mass is 16.7. The summed E-state index contributed by atoms with van der Waals surface area (Å²) in [6.07, 6.45) is 5.33. The molecule has 6 nitrogen and oxygen atoms in total. The number of para-hydroxylation sites is 1. The van der Waals surface area contributed by atoms with Crippen LogP contribution in [-0.2, 0) is 9.31 Å². The zero-order chi connectivity index (χ0) is 20.9. The lowest BCUT2D eigenvalue weighted by Crippen LogP contribution is -2.41. The van der Waals surface area contributed by atoms with Gasteiger partial charge in [0.1, 0.15) is 11.6 Å². The highest BCUT2D eigenvalue weighted by molar-refractivity contribution is 6.65. The average molecular weight is 398 g/mol. The van der Waals surface area contributed by atoms with E-state index in [4.69, 9.17) is 14.3 Å². The van der Waals surface area contributed by atoms with Gasteiger partial charge in [-0.3, -0.25) is 9.55 Å². The summed E-state index contributed by atoms with van der Waals surface area (Å²) < 4.78 is 14.7. The van der Waals surface area contributed by atoms with Crippen LogP contribution in [0.15, 0.2) is 67.1 Å². The topological polar surface area (TPSA) is 62.1 Å². The van der Waals surface area contributed by atoms with Crippen LogP contribution < -0.4 is 5.46 Å². The first-order valence-corrected chi connectivity index (χ1v) is 10.1. The summed E-state index contributed by atoms with van der Waals surface area (Å²) in [6, 6.07) is 15.9. The summed E-state index contributed by atoms with van der Waals surface area (Å²) in [5, 5.41) is 0. The maximum atomic E-state index is 6.32. The Balaban J connectivity index is 1.75. The van der Waals surface area contributed by atoms with E-state index in [1.54, 1.807) is 18.6 Å². The van der Waals surface area contributed by atoms with Crippen LogP contribution in [0.5, 0.6) is 0 Å². The van der Waals surface area contributed by atoms with Crippen molar-refractivity contribution in [2.45, 2.75) is 38.9 Å². The van der Waals surface area contributed by atoms with Crippen molar-refractivity contribution in [3.05, 3.63) is 67.1 Å². The third-order valence-corrected chi connectivity index (χ3v) is 6.04. The Hall–Kier alpha value is -3.03. The van der Waals surface area contributed by atoms with Gasteiger partial charge >= 0.3 is 7.12 Å². The number of hydrogen-bond donors (Lipinski definition) is 0. The van der Waals surface area contributed by atoms with Crippen molar-refractivity contribution >= 4 is 23.6 Å². The highest BCUT2D eigenvalue weighted by Gasteiger charge is 2.52. The molecule has 0 N–H and O–H groups in total. The van der Waals surface area contributed by atoms with E-state index in [1.165, 1.54) is 0 Å². The van der Waals surface area contributed by atoms with Gasteiger partial charge in [-0.15, -0.1) is 0 Å². The summed E-state index contributed by atoms with van der Waals surface area (Å²) in [5.41, 5.74) is 2.83. The van der Waals surface area contributed by atoms with E-state index in [0.29, 0.717) is 0 Å². The van der Waals surface area contributed by atoms with Gasteiger partial charge in [-0.05, 0) is 58.0 Å². The van der Waals surface area contributed by atoms with E-state index in [-0.39, 0.29) is 0 Å². The molecule has 0 radical (unpaired) electrons. The smallest absolute Gasteiger partial charge is 0.399 e. The summed E-state index contributed by atoms with van der Waals surface area (Å²) in [4.78, 5) is 13.8. The zero-order valence-electron chi connectivity index (χ0n) is 17.5. The van der Waals surface area contributed by atoms with Crippen LogP contribution in [0.2, 0.25) is 0 Å². The van der Waals surface area contributed by atoms with Gasteiger partial charge in [0.25, 0.3) is 0 Å². The van der Waals surface area contributed by atoms with Gasteiger partial charge < -0.3 is 9.31 Å². The Morgan fingerprint density at radius 2 is 1.57 bits per heavy atom. The molecule has 0 spiro atoms. The maximum absolute atomic E-state index is 6.32. The number of benzene rings is 1. The van der Waals surface area contributed by atoms with Crippen LogP contribution in [0, 0.1) is 0 Å². The predicted octanol–water partition coefficient (Wildman–Crippen LogP) is 3.78. The van der Waals surface area contributed by atoms with Crippen molar-refractivity contribution in [1.29, 1.82) is 0 Å². The van der Waals surface area contributed by atoms with Gasteiger partial charge in [-0.1, -0.05) is 18.2 Å². The minimum absolute atomic E-state index is 0.419. The van der Waals surface area contributed by atoms with Crippen LogP contribution in [0.1, 0.15) is 27.7 Å². The van der Waals surface area contributed by atoms with Gasteiger partial charge in [0.2, 0.25) is 0 Å². The second-order valence-electron chi connectivity index (χ2n) is 8.50. The van der Waals surface area contributed by atoms with Crippen molar-refractivity contribution in [3.63, 3.8) is 0 Å². The summed E-state index contributed by atoms with van der Waals surface area (Å²) in [7, 11) is -0.490. The molecule has 1 aromatic carbocycles. The lowest BCUT2D eigenvalue weighted by atomic mass is 9.78. The molecule has 4 heterocycles. The Morgan fingerprint density at radius 3 is 2.23 bits per heavy atom. The monoisotopic (exact) mass is 398 g/mol. The zero-order valence-corrected chi connectivity index (χ0v) is 17.5. The van der Waals surface area contributed by atoms with E-state index in [1.807, 2.05) is 42.5 Å². The molecule has 0 saturated carbocycles. The Morgan fingerprint density at radius 1 is 0.833 bits per heavy atom. The molecule has 5 rings (SSSR count). The molecule has 1 aliphatic rings. The van der Waals surface area contributed by atoms with E-state index in [0.717, 1.165) is 33.7 Å². The lowest BCUT2D eigenvalue weighted by molar-refractivity contribution is 0.00578. The predicted molar refractivity (Wildman–Crippen MR) is 118 cm³/mol. The van der Waals surface area contributed by atoms with E-state index < -0.39 is 18.3 Å². The molecule has 1 fully saturated rings. The van der Waals surface area contributed by atoms with Crippen LogP contribution in [0.3, 0.4) is 0 Å². The largest absolute Gasteiger partial charge is 0.497 e. The second-order valence-corrected chi connectivity index (χ2v) is 8.50. The molecule has 4 aromatic rings. The minimum atomic E-state index is -0.490. The molecular formula is C23H23BN4O2. The fourth-order valence-corrected chi connectivity index (χ4v) is 3.69. The number of pyridine rings is 2. The van der Waals surface area contributed by atoms with Gasteiger partial charge in [-0.25, -0.2) is 9.97 Å². The third-order valence-electron chi connectivity index (χ3n) is 6.04. The van der Waals surface area contributed by atoms with E-state index in [9.17, 15) is 0 Å². The van der Waals surface area contributed by atoms with Gasteiger partial charge in [0, 0.05) is 29.6 Å². The number of imidazole rings is 1. The summed E-state index contributed by atoms with van der Waals surface area (Å²) in [6.45, 7) is 8.23. The molecular weight excluding hydrogens is 375 g/mol. The molecule has 1 saturated heterocycles. The molecule has 0 unspecified atom stereocenters. The number of rotatable bonds is 3. The van der Waals surface area contributed by atoms with Crippen molar-refractivity contribution in [2.24, 2.45) is 0 Å². The first-order valence-electron chi connectivity index (χ1n) is 10.1. The number of nitrogens with zero attached hydrogens (tertiary/aromatic N) is 4. The van der Waals surface area contributed by atoms with E-state index >= 15 is 0 Å². The van der Waals surface area contributed by atoms with Crippen molar-refractivity contribution in [3.8, 4) is 17.2 Å². The van der Waals surface area contributed by atoms with E-state index in [2.05, 4.69) is 48.3 Å². The van der Waals surface area contributed by atoms with Crippen molar-refractivity contribution in [1.82, 2.24) is 19.5 Å². The fraction of sp³-hybridized carbons (Fsp3) is 0.261. The first-order chi connectivity index (χ1) is 14.4. The minimum Gasteiger partial charge on any atom is -0.399 e. The third kappa shape index (κ3) is 2.93. The lowest BCUT2D eigenvalue weighted by Gasteiger charge is -2.32. The Labute approximate surface area is 176 Å². The van der Waals surface area contributed by atoms with Gasteiger partial charge in [0.05, 0.1) is 22.2 Å². The average Bonchev–Trinajstić information content (AvgIpc) is 3.23. The molecule has 150 valence electrons. The van der Waals surface area contributed by atoms with Crippen molar-refractivity contribution in [2.75, 3.05) is 0 Å². The highest BCUT2D eigenvalue weighted by Crippen LogP contribution is 2.37. The molecule has 0 atom stereocenters. The molecule has 30 heavy (non-hydrogen) atoms. The number of aromatic nitrogens is 4. The Bertz CT molecular complexity index is 1190. The molecule has 3 aromatic heterocycles. The van der Waals surface area contributed by atoms with Crippen LogP contribution in [0.25, 0.3) is 28.2 Å². The fourth-order valence-electron chi connectivity index (χ4n) is 3.69. The van der Waals surface area contributed by atoms with Gasteiger partial charge in [0.15, 0.2) is 0 Å². The Kier molecular flexibility index (Phi) is 4.27. The summed E-state index contributed by atoms with van der Waals surface area (Å²) >= 11 is 0. The van der Waals surface area contributed by atoms with Crippen LogP contribution >= 0.6 is 0 Å². The molecule has 0 amide bonds. The first kappa shape index (κ1) is 19.0. The van der Waals surface area contributed by atoms with Crippen LogP contribution in [-0.4, -0.2) is 37.8 Å². The molecule has 1 aliphatic heterocycles. The normalized spacial score (nSPS) is 17.5. The van der Waals surface area contributed by atoms with Gasteiger partial charge in [-0.2, -0.15) is 0 Å². The number of fused-ring (bicyclic) bond motifs is 1. The summed E-state index contributed by atoms with van der Waals surface area (Å²) in [5.74, 6) is 1.60. The molecule has 7 heteroatoms. The second kappa shape index (κ2) is 6.75. The number of hydrogen-bond acceptors (Lipinski definition) is 5.